The average Bonchev–Trinajstić information content (AvgIpc) is 3.16. The Balaban J connectivity index is 1.78. The fourth-order valence-electron chi connectivity index (χ4n) is 3.48. The average molecular weight is 272 g/mol. The standard InChI is InChI=1S/C15H20N4O/c1-2-17-10-19(18-5-3-4-6-18)14-8-12-11(7-13(14)17)9-16-15(12)20/h7-8H,2-6,9-10H2,1H3,(H,16,20). The number of rotatable bonds is 2. The first-order chi connectivity index (χ1) is 9.78. The zero-order chi connectivity index (χ0) is 13.7. The van der Waals surface area contributed by atoms with Crippen LogP contribution in [0.4, 0.5) is 11.4 Å². The van der Waals surface area contributed by atoms with Crippen molar-refractivity contribution >= 4 is 17.3 Å². The molecule has 106 valence electrons. The minimum atomic E-state index is 0.0686. The maximum absolute atomic E-state index is 11.9. The Hall–Kier alpha value is -1.75. The Bertz CT molecular complexity index is 565. The van der Waals surface area contributed by atoms with Gasteiger partial charge in [-0.05, 0) is 37.5 Å². The molecule has 4 rings (SSSR count). The third-order valence-corrected chi connectivity index (χ3v) is 4.61. The molecule has 1 fully saturated rings. The number of amides is 1. The summed E-state index contributed by atoms with van der Waals surface area (Å²) in [7, 11) is 0. The van der Waals surface area contributed by atoms with E-state index in [1.54, 1.807) is 0 Å². The molecule has 3 aliphatic heterocycles. The summed E-state index contributed by atoms with van der Waals surface area (Å²) in [6.07, 6.45) is 2.53. The highest BCUT2D eigenvalue weighted by Crippen LogP contribution is 2.40. The van der Waals surface area contributed by atoms with Gasteiger partial charge in [-0.25, -0.2) is 5.01 Å². The van der Waals surface area contributed by atoms with Gasteiger partial charge >= 0.3 is 0 Å². The van der Waals surface area contributed by atoms with Crippen LogP contribution in [0.3, 0.4) is 0 Å². The van der Waals surface area contributed by atoms with Gasteiger partial charge in [-0.1, -0.05) is 0 Å². The van der Waals surface area contributed by atoms with Gasteiger partial charge in [0.15, 0.2) is 0 Å². The highest BCUT2D eigenvalue weighted by Gasteiger charge is 2.33. The van der Waals surface area contributed by atoms with Crippen molar-refractivity contribution in [3.63, 3.8) is 0 Å². The first-order valence-corrected chi connectivity index (χ1v) is 7.50. The lowest BCUT2D eigenvalue weighted by atomic mass is 10.1. The van der Waals surface area contributed by atoms with Gasteiger partial charge < -0.3 is 10.2 Å². The molecule has 0 unspecified atom stereocenters. The van der Waals surface area contributed by atoms with Crippen molar-refractivity contribution in [3.05, 3.63) is 23.3 Å². The molecule has 0 atom stereocenters. The molecule has 0 bridgehead atoms. The Labute approximate surface area is 119 Å². The Morgan fingerprint density at radius 1 is 1.20 bits per heavy atom. The quantitative estimate of drug-likeness (QED) is 0.886. The molecule has 3 heterocycles. The third kappa shape index (κ3) is 1.62. The van der Waals surface area contributed by atoms with Crippen molar-refractivity contribution in [1.29, 1.82) is 0 Å². The van der Waals surface area contributed by atoms with Gasteiger partial charge in [-0.15, -0.1) is 0 Å². The fourth-order valence-corrected chi connectivity index (χ4v) is 3.48. The van der Waals surface area contributed by atoms with E-state index >= 15 is 0 Å². The second kappa shape index (κ2) is 4.38. The summed E-state index contributed by atoms with van der Waals surface area (Å²) in [4.78, 5) is 14.3. The molecule has 0 spiro atoms. The van der Waals surface area contributed by atoms with Crippen molar-refractivity contribution in [2.45, 2.75) is 26.3 Å². The van der Waals surface area contributed by atoms with Gasteiger partial charge in [-0.3, -0.25) is 9.80 Å². The van der Waals surface area contributed by atoms with E-state index in [9.17, 15) is 4.79 Å². The molecule has 0 radical (unpaired) electrons. The highest BCUT2D eigenvalue weighted by atomic mass is 16.1. The predicted molar refractivity (Wildman–Crippen MR) is 78.8 cm³/mol. The number of carbonyl (C=O) groups excluding carboxylic acids is 1. The van der Waals surface area contributed by atoms with Crippen LogP contribution in [0.2, 0.25) is 0 Å². The van der Waals surface area contributed by atoms with Crippen LogP contribution in [0.25, 0.3) is 0 Å². The monoisotopic (exact) mass is 272 g/mol. The van der Waals surface area contributed by atoms with Crippen LogP contribution in [0.1, 0.15) is 35.7 Å². The van der Waals surface area contributed by atoms with Crippen molar-refractivity contribution in [2.24, 2.45) is 0 Å². The molecule has 0 aliphatic carbocycles. The summed E-state index contributed by atoms with van der Waals surface area (Å²) < 4.78 is 0. The molecular formula is C15H20N4O. The summed E-state index contributed by atoms with van der Waals surface area (Å²) in [6.45, 7) is 7.02. The van der Waals surface area contributed by atoms with E-state index in [2.05, 4.69) is 39.3 Å². The zero-order valence-corrected chi connectivity index (χ0v) is 11.9. The van der Waals surface area contributed by atoms with Crippen LogP contribution in [-0.2, 0) is 6.54 Å². The first kappa shape index (κ1) is 12.0. The van der Waals surface area contributed by atoms with Gasteiger partial charge in [0.1, 0.15) is 6.67 Å². The minimum Gasteiger partial charge on any atom is -0.351 e. The lowest BCUT2D eigenvalue weighted by Gasteiger charge is -2.30. The molecule has 20 heavy (non-hydrogen) atoms. The number of fused-ring (bicyclic) bond motifs is 2. The molecule has 3 aliphatic rings. The highest BCUT2D eigenvalue weighted by molar-refractivity contribution is 6.01. The smallest absolute Gasteiger partial charge is 0.251 e. The number of hydrogen-bond acceptors (Lipinski definition) is 4. The van der Waals surface area contributed by atoms with Crippen molar-refractivity contribution in [2.75, 3.05) is 36.2 Å². The van der Waals surface area contributed by atoms with Crippen LogP contribution < -0.4 is 15.2 Å². The molecule has 1 N–H and O–H groups in total. The second-order valence-corrected chi connectivity index (χ2v) is 5.74. The van der Waals surface area contributed by atoms with Crippen molar-refractivity contribution in [1.82, 2.24) is 10.3 Å². The molecule has 5 heteroatoms. The Morgan fingerprint density at radius 3 is 2.75 bits per heavy atom. The zero-order valence-electron chi connectivity index (χ0n) is 11.9. The normalized spacial score (nSPS) is 21.4. The van der Waals surface area contributed by atoms with Crippen LogP contribution in [-0.4, -0.2) is 37.2 Å². The number of benzene rings is 1. The summed E-state index contributed by atoms with van der Waals surface area (Å²) in [6, 6.07) is 4.28. The SMILES string of the molecule is CCN1CN(N2CCCC2)c2cc3c(cc21)CNC3=O. The summed E-state index contributed by atoms with van der Waals surface area (Å²) in [5.41, 5.74) is 4.46. The van der Waals surface area contributed by atoms with E-state index in [4.69, 9.17) is 0 Å². The number of hydrazine groups is 1. The van der Waals surface area contributed by atoms with Crippen molar-refractivity contribution < 1.29 is 4.79 Å². The predicted octanol–water partition coefficient (Wildman–Crippen LogP) is 1.54. The molecule has 1 aromatic rings. The number of hydrogen-bond donors (Lipinski definition) is 1. The number of nitrogens with zero attached hydrogens (tertiary/aromatic N) is 3. The third-order valence-electron chi connectivity index (χ3n) is 4.61. The first-order valence-electron chi connectivity index (χ1n) is 7.50. The van der Waals surface area contributed by atoms with Crippen LogP contribution in [0, 0.1) is 0 Å². The van der Waals surface area contributed by atoms with E-state index in [0.29, 0.717) is 6.54 Å². The number of carbonyl (C=O) groups is 1. The molecule has 1 saturated heterocycles. The Kier molecular flexibility index (Phi) is 2.63. The van der Waals surface area contributed by atoms with Gasteiger partial charge in [0, 0.05) is 31.7 Å². The van der Waals surface area contributed by atoms with Crippen LogP contribution in [0.5, 0.6) is 0 Å². The minimum absolute atomic E-state index is 0.0686. The number of nitrogens with one attached hydrogen (secondary N) is 1. The Morgan fingerprint density at radius 2 is 2.00 bits per heavy atom. The lowest BCUT2D eigenvalue weighted by Crippen LogP contribution is -2.43. The molecule has 5 nitrogen and oxygen atoms in total. The van der Waals surface area contributed by atoms with Gasteiger partial charge in [0.2, 0.25) is 0 Å². The maximum Gasteiger partial charge on any atom is 0.251 e. The van der Waals surface area contributed by atoms with E-state index in [-0.39, 0.29) is 5.91 Å². The largest absolute Gasteiger partial charge is 0.351 e. The van der Waals surface area contributed by atoms with Gasteiger partial charge in [0.05, 0.1) is 11.4 Å². The fraction of sp³-hybridized carbons (Fsp3) is 0.533. The van der Waals surface area contributed by atoms with E-state index in [1.165, 1.54) is 24.2 Å². The second-order valence-electron chi connectivity index (χ2n) is 5.74. The summed E-state index contributed by atoms with van der Waals surface area (Å²) in [5, 5.41) is 7.70. The van der Waals surface area contributed by atoms with E-state index < -0.39 is 0 Å². The number of anilines is 2. The lowest BCUT2D eigenvalue weighted by molar-refractivity contribution is 0.0966. The maximum atomic E-state index is 11.9. The van der Waals surface area contributed by atoms with Crippen molar-refractivity contribution in [3.8, 4) is 0 Å². The molecule has 1 amide bonds. The summed E-state index contributed by atoms with van der Waals surface area (Å²) in [5.74, 6) is 0.0686. The molecule has 0 aromatic heterocycles. The van der Waals surface area contributed by atoms with Gasteiger partial charge in [-0.2, -0.15) is 0 Å². The summed E-state index contributed by atoms with van der Waals surface area (Å²) >= 11 is 0. The van der Waals surface area contributed by atoms with Gasteiger partial charge in [0.25, 0.3) is 5.91 Å². The molecular weight excluding hydrogens is 252 g/mol. The molecule has 1 aromatic carbocycles. The van der Waals surface area contributed by atoms with Crippen LogP contribution >= 0.6 is 0 Å². The van der Waals surface area contributed by atoms with E-state index in [0.717, 1.165) is 37.4 Å². The molecule has 0 saturated carbocycles. The van der Waals surface area contributed by atoms with Crippen LogP contribution in [0.15, 0.2) is 12.1 Å². The topological polar surface area (TPSA) is 38.8 Å². The van der Waals surface area contributed by atoms with E-state index in [1.807, 2.05) is 0 Å².